The lowest BCUT2D eigenvalue weighted by atomic mass is 10.2. The Hall–Kier alpha value is -2.78. The van der Waals surface area contributed by atoms with E-state index in [0.717, 1.165) is 9.58 Å². The summed E-state index contributed by atoms with van der Waals surface area (Å²) in [7, 11) is 1.31. The van der Waals surface area contributed by atoms with Gasteiger partial charge in [0.2, 0.25) is 0 Å². The minimum atomic E-state index is -0.459. The predicted molar refractivity (Wildman–Crippen MR) is 106 cm³/mol. The molecule has 0 saturated carbocycles. The van der Waals surface area contributed by atoms with Gasteiger partial charge in [0.15, 0.2) is 4.80 Å². The molecule has 0 radical (unpaired) electrons. The zero-order chi connectivity index (χ0) is 20.1. The molecule has 0 N–H and O–H groups in total. The quantitative estimate of drug-likeness (QED) is 0.575. The summed E-state index contributed by atoms with van der Waals surface area (Å²) < 4.78 is 12.1. The topological polar surface area (TPSA) is 87.0 Å². The van der Waals surface area contributed by atoms with E-state index < -0.39 is 11.9 Å². The molecule has 7 nitrogen and oxygen atoms in total. The molecule has 3 aromatic rings. The summed E-state index contributed by atoms with van der Waals surface area (Å²) in [5.41, 5.74) is 1.07. The predicted octanol–water partition coefficient (Wildman–Crippen LogP) is 2.78. The number of nitrogens with zero attached hydrogens (tertiary/aromatic N) is 2. The van der Waals surface area contributed by atoms with Crippen molar-refractivity contribution in [3.05, 3.63) is 51.0 Å². The summed E-state index contributed by atoms with van der Waals surface area (Å²) in [6, 6.07) is 8.73. The summed E-state index contributed by atoms with van der Waals surface area (Å²) in [5, 5.41) is 1.90. The van der Waals surface area contributed by atoms with E-state index in [0.29, 0.717) is 15.9 Å². The Labute approximate surface area is 168 Å². The number of carbonyl (C=O) groups excluding carboxylic acids is 3. The van der Waals surface area contributed by atoms with Gasteiger partial charge in [0, 0.05) is 4.88 Å². The van der Waals surface area contributed by atoms with Gasteiger partial charge in [-0.25, -0.2) is 4.79 Å². The molecule has 0 aliphatic rings. The van der Waals surface area contributed by atoms with Crippen LogP contribution in [0.15, 0.2) is 40.7 Å². The highest BCUT2D eigenvalue weighted by Gasteiger charge is 2.15. The number of methoxy groups -OCH3 is 1. The van der Waals surface area contributed by atoms with Crippen LogP contribution in [0.5, 0.6) is 0 Å². The summed E-state index contributed by atoms with van der Waals surface area (Å²) in [4.78, 5) is 41.7. The Morgan fingerprint density at radius 1 is 1.21 bits per heavy atom. The van der Waals surface area contributed by atoms with Crippen molar-refractivity contribution in [1.82, 2.24) is 4.57 Å². The van der Waals surface area contributed by atoms with Crippen LogP contribution in [-0.2, 0) is 32.0 Å². The van der Waals surface area contributed by atoms with Crippen molar-refractivity contribution >= 4 is 50.7 Å². The van der Waals surface area contributed by atoms with Crippen molar-refractivity contribution in [2.75, 3.05) is 13.7 Å². The van der Waals surface area contributed by atoms with Gasteiger partial charge in [-0.05, 0) is 36.6 Å². The molecule has 146 valence electrons. The zero-order valence-electron chi connectivity index (χ0n) is 15.3. The lowest BCUT2D eigenvalue weighted by Crippen LogP contribution is -2.23. The fraction of sp³-hybridized carbons (Fsp3) is 0.263. The lowest BCUT2D eigenvalue weighted by molar-refractivity contribution is -0.143. The molecule has 9 heteroatoms. The Bertz CT molecular complexity index is 1080. The second kappa shape index (κ2) is 8.94. The van der Waals surface area contributed by atoms with E-state index in [-0.39, 0.29) is 25.5 Å². The van der Waals surface area contributed by atoms with E-state index in [2.05, 4.69) is 4.99 Å². The first kappa shape index (κ1) is 20.0. The molecule has 2 heterocycles. The van der Waals surface area contributed by atoms with Gasteiger partial charge in [0.05, 0.1) is 35.9 Å². The fourth-order valence-electron chi connectivity index (χ4n) is 2.60. The molecule has 3 rings (SSSR count). The Balaban J connectivity index is 2.04. The number of ether oxygens (including phenoxy) is 2. The standard InChI is InChI=1S/C19H18N2O5S2/c1-3-26-17(23)11-21-14-7-6-12(18(24)25-2)9-15(14)28-19(21)20-16(22)10-13-5-4-8-27-13/h4-9H,3,10-11H2,1-2H3. The number of carbonyl (C=O) groups is 3. The average molecular weight is 418 g/mol. The van der Waals surface area contributed by atoms with Crippen molar-refractivity contribution in [2.45, 2.75) is 19.9 Å². The number of hydrogen-bond acceptors (Lipinski definition) is 7. The summed E-state index contributed by atoms with van der Waals surface area (Å²) in [6.07, 6.45) is 0.193. The van der Waals surface area contributed by atoms with Crippen LogP contribution in [0.1, 0.15) is 22.2 Å². The molecule has 0 saturated heterocycles. The molecular formula is C19H18N2O5S2. The molecule has 1 aromatic carbocycles. The van der Waals surface area contributed by atoms with Crippen LogP contribution in [0.4, 0.5) is 0 Å². The highest BCUT2D eigenvalue weighted by molar-refractivity contribution is 7.16. The minimum Gasteiger partial charge on any atom is -0.465 e. The van der Waals surface area contributed by atoms with Crippen molar-refractivity contribution in [3.63, 3.8) is 0 Å². The van der Waals surface area contributed by atoms with E-state index in [9.17, 15) is 14.4 Å². The van der Waals surface area contributed by atoms with Gasteiger partial charge in [-0.15, -0.1) is 11.3 Å². The number of hydrogen-bond donors (Lipinski definition) is 0. The van der Waals surface area contributed by atoms with Crippen LogP contribution >= 0.6 is 22.7 Å². The number of amides is 1. The van der Waals surface area contributed by atoms with Crippen molar-refractivity contribution in [2.24, 2.45) is 4.99 Å². The Kier molecular flexibility index (Phi) is 6.37. The van der Waals surface area contributed by atoms with Crippen molar-refractivity contribution in [1.29, 1.82) is 0 Å². The third kappa shape index (κ3) is 4.55. The fourth-order valence-corrected chi connectivity index (χ4v) is 4.38. The second-order valence-corrected chi connectivity index (χ2v) is 7.75. The third-order valence-corrected chi connectivity index (χ3v) is 5.74. The number of thiophene rings is 1. The van der Waals surface area contributed by atoms with Crippen LogP contribution in [0.3, 0.4) is 0 Å². The van der Waals surface area contributed by atoms with E-state index in [1.54, 1.807) is 29.7 Å². The van der Waals surface area contributed by atoms with Gasteiger partial charge >= 0.3 is 11.9 Å². The van der Waals surface area contributed by atoms with Crippen LogP contribution in [-0.4, -0.2) is 36.1 Å². The molecule has 28 heavy (non-hydrogen) atoms. The monoisotopic (exact) mass is 418 g/mol. The van der Waals surface area contributed by atoms with Gasteiger partial charge in [0.25, 0.3) is 5.91 Å². The van der Waals surface area contributed by atoms with Crippen molar-refractivity contribution < 1.29 is 23.9 Å². The van der Waals surface area contributed by atoms with Crippen LogP contribution in [0.25, 0.3) is 10.2 Å². The number of aromatic nitrogens is 1. The van der Waals surface area contributed by atoms with Gasteiger partial charge in [-0.1, -0.05) is 17.4 Å². The Morgan fingerprint density at radius 3 is 2.71 bits per heavy atom. The van der Waals surface area contributed by atoms with Crippen LogP contribution < -0.4 is 4.80 Å². The highest BCUT2D eigenvalue weighted by Crippen LogP contribution is 2.20. The molecule has 0 aliphatic carbocycles. The van der Waals surface area contributed by atoms with Gasteiger partial charge < -0.3 is 14.0 Å². The first-order chi connectivity index (χ1) is 13.5. The molecular weight excluding hydrogens is 400 g/mol. The molecule has 0 bridgehead atoms. The maximum Gasteiger partial charge on any atom is 0.337 e. The molecule has 0 spiro atoms. The average Bonchev–Trinajstić information content (AvgIpc) is 3.29. The van der Waals surface area contributed by atoms with Gasteiger partial charge in [-0.3, -0.25) is 9.59 Å². The number of rotatable bonds is 6. The molecule has 0 aliphatic heterocycles. The van der Waals surface area contributed by atoms with Crippen LogP contribution in [0, 0.1) is 0 Å². The minimum absolute atomic E-state index is 0.0729. The molecule has 0 fully saturated rings. The van der Waals surface area contributed by atoms with E-state index in [4.69, 9.17) is 9.47 Å². The van der Waals surface area contributed by atoms with Crippen molar-refractivity contribution in [3.8, 4) is 0 Å². The SMILES string of the molecule is CCOC(=O)Cn1c(=NC(=O)Cc2cccs2)sc2cc(C(=O)OC)ccc21. The molecule has 1 amide bonds. The largest absolute Gasteiger partial charge is 0.465 e. The van der Waals surface area contributed by atoms with Gasteiger partial charge in [0.1, 0.15) is 6.54 Å². The molecule has 0 unspecified atom stereocenters. The summed E-state index contributed by atoms with van der Waals surface area (Å²) in [5.74, 6) is -1.19. The number of fused-ring (bicyclic) bond motifs is 1. The van der Waals surface area contributed by atoms with Gasteiger partial charge in [-0.2, -0.15) is 4.99 Å². The molecule has 0 atom stereocenters. The van der Waals surface area contributed by atoms with E-state index >= 15 is 0 Å². The third-order valence-electron chi connectivity index (χ3n) is 3.82. The first-order valence-electron chi connectivity index (χ1n) is 8.49. The Morgan fingerprint density at radius 2 is 2.04 bits per heavy atom. The normalized spacial score (nSPS) is 11.6. The first-order valence-corrected chi connectivity index (χ1v) is 10.2. The summed E-state index contributed by atoms with van der Waals surface area (Å²) >= 11 is 2.72. The zero-order valence-corrected chi connectivity index (χ0v) is 17.0. The van der Waals surface area contributed by atoms with Crippen LogP contribution in [0.2, 0.25) is 0 Å². The molecule has 2 aromatic heterocycles. The summed E-state index contributed by atoms with van der Waals surface area (Å²) in [6.45, 7) is 1.92. The maximum absolute atomic E-state index is 12.4. The second-order valence-electron chi connectivity index (χ2n) is 5.71. The van der Waals surface area contributed by atoms with E-state index in [1.165, 1.54) is 29.8 Å². The van der Waals surface area contributed by atoms with E-state index in [1.807, 2.05) is 17.5 Å². The highest BCUT2D eigenvalue weighted by atomic mass is 32.1. The maximum atomic E-state index is 12.4. The lowest BCUT2D eigenvalue weighted by Gasteiger charge is -2.05. The number of esters is 2. The number of thiazole rings is 1. The number of benzene rings is 1. The smallest absolute Gasteiger partial charge is 0.337 e.